The van der Waals surface area contributed by atoms with Crippen LogP contribution in [-0.4, -0.2) is 61.2 Å². The fraction of sp³-hybridized carbons (Fsp3) is 0.923. The van der Waals surface area contributed by atoms with E-state index < -0.39 is 6.10 Å². The summed E-state index contributed by atoms with van der Waals surface area (Å²) in [6, 6.07) is 0. The second kappa shape index (κ2) is 12.7. The van der Waals surface area contributed by atoms with E-state index in [1.165, 1.54) is 11.8 Å². The number of esters is 1. The van der Waals surface area contributed by atoms with Gasteiger partial charge in [0.1, 0.15) is 0 Å². The van der Waals surface area contributed by atoms with Crippen molar-refractivity contribution < 1.29 is 24.1 Å². The molecule has 0 heterocycles. The Labute approximate surface area is 120 Å². The predicted molar refractivity (Wildman–Crippen MR) is 76.5 cm³/mol. The summed E-state index contributed by atoms with van der Waals surface area (Å²) in [5.74, 6) is 0.212. The van der Waals surface area contributed by atoms with E-state index in [0.29, 0.717) is 25.6 Å². The maximum atomic E-state index is 11.3. The van der Waals surface area contributed by atoms with Gasteiger partial charge in [-0.05, 0) is 20.3 Å². The average molecular weight is 294 g/mol. The molecule has 0 rings (SSSR count). The van der Waals surface area contributed by atoms with Gasteiger partial charge in [-0.25, -0.2) is 0 Å². The molecule has 114 valence electrons. The molecule has 0 saturated carbocycles. The van der Waals surface area contributed by atoms with Crippen LogP contribution in [0.15, 0.2) is 0 Å². The molecule has 0 radical (unpaired) electrons. The number of aliphatic hydroxyl groups is 1. The van der Waals surface area contributed by atoms with Crippen molar-refractivity contribution in [1.29, 1.82) is 0 Å². The SMILES string of the molecule is CCCOCCOCC(O)CSC(C)C(=O)OCC. The van der Waals surface area contributed by atoms with E-state index in [4.69, 9.17) is 14.2 Å². The van der Waals surface area contributed by atoms with Crippen molar-refractivity contribution >= 4 is 17.7 Å². The minimum absolute atomic E-state index is 0.242. The molecule has 0 aromatic carbocycles. The van der Waals surface area contributed by atoms with Gasteiger partial charge in [-0.1, -0.05) is 6.92 Å². The Morgan fingerprint density at radius 3 is 2.53 bits per heavy atom. The Kier molecular flexibility index (Phi) is 12.5. The number of hydrogen-bond donors (Lipinski definition) is 1. The maximum Gasteiger partial charge on any atom is 0.318 e. The van der Waals surface area contributed by atoms with Crippen LogP contribution >= 0.6 is 11.8 Å². The van der Waals surface area contributed by atoms with Crippen LogP contribution in [-0.2, 0) is 19.0 Å². The third kappa shape index (κ3) is 11.2. The summed E-state index contributed by atoms with van der Waals surface area (Å²) in [6.45, 7) is 8.01. The van der Waals surface area contributed by atoms with E-state index in [-0.39, 0.29) is 17.8 Å². The zero-order valence-electron chi connectivity index (χ0n) is 12.1. The number of thioether (sulfide) groups is 1. The van der Waals surface area contributed by atoms with E-state index in [0.717, 1.165) is 13.0 Å². The first-order chi connectivity index (χ1) is 9.11. The Bertz CT molecular complexity index is 225. The van der Waals surface area contributed by atoms with Gasteiger partial charge in [-0.3, -0.25) is 4.79 Å². The maximum absolute atomic E-state index is 11.3. The van der Waals surface area contributed by atoms with E-state index in [9.17, 15) is 9.90 Å². The number of ether oxygens (including phenoxy) is 3. The molecule has 0 spiro atoms. The van der Waals surface area contributed by atoms with Crippen molar-refractivity contribution in [3.63, 3.8) is 0 Å². The minimum atomic E-state index is -0.576. The molecule has 0 bridgehead atoms. The van der Waals surface area contributed by atoms with Crippen molar-refractivity contribution in [3.8, 4) is 0 Å². The van der Waals surface area contributed by atoms with Gasteiger partial charge in [0.25, 0.3) is 0 Å². The molecule has 0 fully saturated rings. The fourth-order valence-electron chi connectivity index (χ4n) is 1.21. The van der Waals surface area contributed by atoms with Crippen molar-refractivity contribution in [2.45, 2.75) is 38.5 Å². The summed E-state index contributed by atoms with van der Waals surface area (Å²) in [7, 11) is 0. The highest BCUT2D eigenvalue weighted by Crippen LogP contribution is 2.13. The van der Waals surface area contributed by atoms with E-state index in [1.807, 2.05) is 6.92 Å². The van der Waals surface area contributed by atoms with Crippen molar-refractivity contribution in [3.05, 3.63) is 0 Å². The first-order valence-electron chi connectivity index (χ1n) is 6.73. The molecular weight excluding hydrogens is 268 g/mol. The summed E-state index contributed by atoms with van der Waals surface area (Å²) in [5.41, 5.74) is 0. The van der Waals surface area contributed by atoms with Crippen LogP contribution in [0, 0.1) is 0 Å². The normalized spacial score (nSPS) is 14.1. The Morgan fingerprint density at radius 1 is 1.21 bits per heavy atom. The molecule has 0 saturated heterocycles. The van der Waals surface area contributed by atoms with Gasteiger partial charge in [0.2, 0.25) is 0 Å². The standard InChI is InChI=1S/C13H26O5S/c1-4-6-16-7-8-17-9-12(14)10-19-11(3)13(15)18-5-2/h11-12,14H,4-10H2,1-3H3. The molecule has 0 aromatic heterocycles. The molecule has 6 heteroatoms. The average Bonchev–Trinajstić information content (AvgIpc) is 2.40. The molecule has 2 atom stereocenters. The highest BCUT2D eigenvalue weighted by molar-refractivity contribution is 8.00. The number of carbonyl (C=O) groups is 1. The lowest BCUT2D eigenvalue weighted by Gasteiger charge is -2.14. The van der Waals surface area contributed by atoms with Gasteiger partial charge in [0.15, 0.2) is 0 Å². The van der Waals surface area contributed by atoms with Crippen LogP contribution in [0.25, 0.3) is 0 Å². The lowest BCUT2D eigenvalue weighted by atomic mass is 10.4. The highest BCUT2D eigenvalue weighted by Gasteiger charge is 2.16. The van der Waals surface area contributed by atoms with E-state index in [2.05, 4.69) is 0 Å². The molecule has 19 heavy (non-hydrogen) atoms. The minimum Gasteiger partial charge on any atom is -0.465 e. The Balaban J connectivity index is 3.48. The highest BCUT2D eigenvalue weighted by atomic mass is 32.2. The fourth-order valence-corrected chi connectivity index (χ4v) is 2.03. The molecule has 0 aliphatic rings. The second-order valence-electron chi connectivity index (χ2n) is 4.07. The second-order valence-corrected chi connectivity index (χ2v) is 5.44. The number of hydrogen-bond acceptors (Lipinski definition) is 6. The molecule has 0 aromatic rings. The van der Waals surface area contributed by atoms with Gasteiger partial charge in [-0.15, -0.1) is 11.8 Å². The van der Waals surface area contributed by atoms with Crippen molar-refractivity contribution in [2.75, 3.05) is 38.8 Å². The molecule has 2 unspecified atom stereocenters. The predicted octanol–water partition coefficient (Wildman–Crippen LogP) is 1.48. The molecule has 0 amide bonds. The largest absolute Gasteiger partial charge is 0.465 e. The van der Waals surface area contributed by atoms with Gasteiger partial charge in [-0.2, -0.15) is 0 Å². The smallest absolute Gasteiger partial charge is 0.318 e. The molecular formula is C13H26O5S. The van der Waals surface area contributed by atoms with Crippen LogP contribution in [0.3, 0.4) is 0 Å². The first kappa shape index (κ1) is 18.7. The lowest BCUT2D eigenvalue weighted by Crippen LogP contribution is -2.23. The quantitative estimate of drug-likeness (QED) is 0.434. The summed E-state index contributed by atoms with van der Waals surface area (Å²) < 4.78 is 15.4. The van der Waals surface area contributed by atoms with Gasteiger partial charge in [0.05, 0.1) is 37.8 Å². The number of carbonyl (C=O) groups excluding carboxylic acids is 1. The number of rotatable bonds is 12. The molecule has 5 nitrogen and oxygen atoms in total. The van der Waals surface area contributed by atoms with Gasteiger partial charge < -0.3 is 19.3 Å². The summed E-state index contributed by atoms with van der Waals surface area (Å²) >= 11 is 1.37. The van der Waals surface area contributed by atoms with Crippen LogP contribution in [0.5, 0.6) is 0 Å². The van der Waals surface area contributed by atoms with Crippen molar-refractivity contribution in [1.82, 2.24) is 0 Å². The van der Waals surface area contributed by atoms with Crippen LogP contribution < -0.4 is 0 Å². The third-order valence-electron chi connectivity index (χ3n) is 2.19. The topological polar surface area (TPSA) is 65.0 Å². The Hall–Kier alpha value is -0.300. The molecule has 0 aliphatic heterocycles. The van der Waals surface area contributed by atoms with Crippen LogP contribution in [0.1, 0.15) is 27.2 Å². The van der Waals surface area contributed by atoms with Crippen LogP contribution in [0.4, 0.5) is 0 Å². The zero-order valence-corrected chi connectivity index (χ0v) is 12.9. The molecule has 0 aliphatic carbocycles. The molecule has 1 N–H and O–H groups in total. The third-order valence-corrected chi connectivity index (χ3v) is 3.46. The van der Waals surface area contributed by atoms with Crippen LogP contribution in [0.2, 0.25) is 0 Å². The monoisotopic (exact) mass is 294 g/mol. The van der Waals surface area contributed by atoms with Crippen molar-refractivity contribution in [2.24, 2.45) is 0 Å². The lowest BCUT2D eigenvalue weighted by molar-refractivity contribution is -0.142. The summed E-state index contributed by atoms with van der Waals surface area (Å²) in [4.78, 5) is 11.3. The zero-order chi connectivity index (χ0) is 14.5. The van der Waals surface area contributed by atoms with Gasteiger partial charge in [0, 0.05) is 12.4 Å². The summed E-state index contributed by atoms with van der Waals surface area (Å²) in [5, 5.41) is 9.41. The van der Waals surface area contributed by atoms with E-state index >= 15 is 0 Å². The summed E-state index contributed by atoms with van der Waals surface area (Å²) in [6.07, 6.45) is 0.415. The Morgan fingerprint density at radius 2 is 1.89 bits per heavy atom. The van der Waals surface area contributed by atoms with E-state index in [1.54, 1.807) is 13.8 Å². The first-order valence-corrected chi connectivity index (χ1v) is 7.78. The van der Waals surface area contributed by atoms with Gasteiger partial charge >= 0.3 is 5.97 Å². The number of aliphatic hydroxyl groups excluding tert-OH is 1.